The lowest BCUT2D eigenvalue weighted by atomic mass is 10.1. The van der Waals surface area contributed by atoms with Gasteiger partial charge in [-0.1, -0.05) is 12.8 Å². The van der Waals surface area contributed by atoms with Gasteiger partial charge >= 0.3 is 0 Å². The molecule has 2 aliphatic heterocycles. The Bertz CT molecular complexity index is 364. The number of hydrogen-bond donors (Lipinski definition) is 1. The molecule has 2 rings (SSSR count). The van der Waals surface area contributed by atoms with E-state index in [9.17, 15) is 8.42 Å². The van der Waals surface area contributed by atoms with Crippen LogP contribution in [0.3, 0.4) is 0 Å². The van der Waals surface area contributed by atoms with Gasteiger partial charge in [0.05, 0.1) is 0 Å². The number of aliphatic hydroxyl groups is 1. The normalized spacial score (nSPS) is 27.5. The van der Waals surface area contributed by atoms with E-state index in [0.29, 0.717) is 26.1 Å². The molecular formula is C13H26N2O3S. The topological polar surface area (TPSA) is 60.9 Å². The van der Waals surface area contributed by atoms with E-state index in [1.165, 1.54) is 0 Å². The van der Waals surface area contributed by atoms with Gasteiger partial charge in [-0.3, -0.25) is 0 Å². The molecule has 1 unspecified atom stereocenters. The molecule has 0 aromatic carbocycles. The molecule has 1 atom stereocenters. The summed E-state index contributed by atoms with van der Waals surface area (Å²) in [6.07, 6.45) is 7.60. The van der Waals surface area contributed by atoms with E-state index in [2.05, 4.69) is 0 Å². The van der Waals surface area contributed by atoms with Crippen molar-refractivity contribution in [2.45, 2.75) is 57.4 Å². The Morgan fingerprint density at radius 3 is 2.32 bits per heavy atom. The first-order valence-electron chi connectivity index (χ1n) is 7.54. The summed E-state index contributed by atoms with van der Waals surface area (Å²) in [4.78, 5) is 0. The molecule has 0 aromatic heterocycles. The van der Waals surface area contributed by atoms with Crippen LogP contribution < -0.4 is 0 Å². The van der Waals surface area contributed by atoms with E-state index in [4.69, 9.17) is 5.11 Å². The summed E-state index contributed by atoms with van der Waals surface area (Å²) in [6.45, 7) is 2.14. The zero-order valence-electron chi connectivity index (χ0n) is 11.6. The summed E-state index contributed by atoms with van der Waals surface area (Å²) in [5.41, 5.74) is 0. The smallest absolute Gasteiger partial charge is 0.282 e. The zero-order chi connectivity index (χ0) is 13.7. The molecule has 2 saturated heterocycles. The second-order valence-electron chi connectivity index (χ2n) is 5.59. The van der Waals surface area contributed by atoms with Gasteiger partial charge in [0.25, 0.3) is 10.2 Å². The summed E-state index contributed by atoms with van der Waals surface area (Å²) in [5, 5.41) is 8.92. The molecule has 2 heterocycles. The lowest BCUT2D eigenvalue weighted by molar-refractivity contribution is 0.258. The fraction of sp³-hybridized carbons (Fsp3) is 1.00. The second kappa shape index (κ2) is 7.02. The van der Waals surface area contributed by atoms with Crippen LogP contribution in [-0.2, 0) is 10.2 Å². The third-order valence-corrected chi connectivity index (χ3v) is 6.30. The Morgan fingerprint density at radius 1 is 1.00 bits per heavy atom. The minimum Gasteiger partial charge on any atom is -0.396 e. The number of nitrogens with zero attached hydrogens (tertiary/aromatic N) is 2. The molecule has 0 aromatic rings. The molecular weight excluding hydrogens is 264 g/mol. The van der Waals surface area contributed by atoms with Crippen LogP contribution in [-0.4, -0.2) is 54.4 Å². The molecule has 0 amide bonds. The predicted octanol–water partition coefficient (Wildman–Crippen LogP) is 1.34. The van der Waals surface area contributed by atoms with Gasteiger partial charge in [0.2, 0.25) is 0 Å². The van der Waals surface area contributed by atoms with Crippen molar-refractivity contribution in [1.29, 1.82) is 0 Å². The van der Waals surface area contributed by atoms with Crippen LogP contribution in [0.15, 0.2) is 0 Å². The summed E-state index contributed by atoms with van der Waals surface area (Å²) in [7, 11) is -3.28. The van der Waals surface area contributed by atoms with Gasteiger partial charge in [0.15, 0.2) is 0 Å². The van der Waals surface area contributed by atoms with Crippen LogP contribution >= 0.6 is 0 Å². The Hall–Kier alpha value is -0.170. The molecule has 0 aliphatic carbocycles. The predicted molar refractivity (Wildman–Crippen MR) is 75.0 cm³/mol. The molecule has 0 spiro atoms. The van der Waals surface area contributed by atoms with Crippen LogP contribution in [0.5, 0.6) is 0 Å². The maximum atomic E-state index is 12.7. The molecule has 1 N–H and O–H groups in total. The van der Waals surface area contributed by atoms with Crippen LogP contribution in [0.2, 0.25) is 0 Å². The highest BCUT2D eigenvalue weighted by Crippen LogP contribution is 2.27. The minimum atomic E-state index is -3.28. The molecule has 5 nitrogen and oxygen atoms in total. The molecule has 6 heteroatoms. The van der Waals surface area contributed by atoms with Gasteiger partial charge in [0, 0.05) is 32.3 Å². The quantitative estimate of drug-likeness (QED) is 0.831. The third kappa shape index (κ3) is 3.68. The van der Waals surface area contributed by atoms with Crippen molar-refractivity contribution in [2.75, 3.05) is 26.2 Å². The van der Waals surface area contributed by atoms with Crippen LogP contribution in [0.4, 0.5) is 0 Å². The van der Waals surface area contributed by atoms with Crippen molar-refractivity contribution >= 4 is 10.2 Å². The van der Waals surface area contributed by atoms with Gasteiger partial charge in [0.1, 0.15) is 0 Å². The van der Waals surface area contributed by atoms with E-state index in [1.807, 2.05) is 0 Å². The molecule has 0 saturated carbocycles. The van der Waals surface area contributed by atoms with Crippen LogP contribution in [0, 0.1) is 0 Å². The molecule has 19 heavy (non-hydrogen) atoms. The van der Waals surface area contributed by atoms with E-state index in [1.54, 1.807) is 8.61 Å². The Balaban J connectivity index is 2.04. The first kappa shape index (κ1) is 15.2. The number of hydrogen-bond acceptors (Lipinski definition) is 3. The maximum Gasteiger partial charge on any atom is 0.282 e. The van der Waals surface area contributed by atoms with Crippen molar-refractivity contribution in [1.82, 2.24) is 8.61 Å². The maximum absolute atomic E-state index is 12.7. The fourth-order valence-corrected chi connectivity index (χ4v) is 5.11. The molecule has 0 radical (unpaired) electrons. The zero-order valence-corrected chi connectivity index (χ0v) is 12.4. The van der Waals surface area contributed by atoms with Gasteiger partial charge in [-0.2, -0.15) is 17.0 Å². The van der Waals surface area contributed by atoms with E-state index in [-0.39, 0.29) is 12.6 Å². The lowest BCUT2D eigenvalue weighted by Gasteiger charge is -2.30. The second-order valence-corrected chi connectivity index (χ2v) is 7.47. The number of aliphatic hydroxyl groups excluding tert-OH is 1. The highest BCUT2D eigenvalue weighted by molar-refractivity contribution is 7.86. The summed E-state index contributed by atoms with van der Waals surface area (Å²) < 4.78 is 28.8. The van der Waals surface area contributed by atoms with Gasteiger partial charge < -0.3 is 5.11 Å². The average Bonchev–Trinajstić information content (AvgIpc) is 2.69. The summed E-state index contributed by atoms with van der Waals surface area (Å²) >= 11 is 0. The Morgan fingerprint density at radius 2 is 1.68 bits per heavy atom. The van der Waals surface area contributed by atoms with E-state index in [0.717, 1.165) is 44.9 Å². The first-order valence-corrected chi connectivity index (χ1v) is 8.94. The first-order chi connectivity index (χ1) is 9.16. The van der Waals surface area contributed by atoms with Crippen LogP contribution in [0.1, 0.15) is 51.4 Å². The van der Waals surface area contributed by atoms with Crippen LogP contribution in [0.25, 0.3) is 0 Å². The number of rotatable bonds is 5. The summed E-state index contributed by atoms with van der Waals surface area (Å²) in [5.74, 6) is 0. The van der Waals surface area contributed by atoms with Gasteiger partial charge in [-0.05, 0) is 38.5 Å². The largest absolute Gasteiger partial charge is 0.396 e. The molecule has 112 valence electrons. The average molecular weight is 290 g/mol. The Kier molecular flexibility index (Phi) is 5.62. The van der Waals surface area contributed by atoms with Crippen molar-refractivity contribution < 1.29 is 13.5 Å². The molecule has 0 bridgehead atoms. The van der Waals surface area contributed by atoms with E-state index < -0.39 is 10.2 Å². The summed E-state index contributed by atoms with van der Waals surface area (Å²) in [6, 6.07) is 0.0976. The third-order valence-electron chi connectivity index (χ3n) is 4.21. The Labute approximate surface area is 116 Å². The highest BCUT2D eigenvalue weighted by Gasteiger charge is 2.37. The van der Waals surface area contributed by atoms with Gasteiger partial charge in [-0.25, -0.2) is 0 Å². The molecule has 2 aliphatic rings. The monoisotopic (exact) mass is 290 g/mol. The minimum absolute atomic E-state index is 0.0976. The molecule has 2 fully saturated rings. The van der Waals surface area contributed by atoms with Gasteiger partial charge in [-0.15, -0.1) is 0 Å². The lowest BCUT2D eigenvalue weighted by Crippen LogP contribution is -2.46. The fourth-order valence-electron chi connectivity index (χ4n) is 3.15. The SMILES string of the molecule is O=S(=O)(N1CCCCCC1)N1CCCC1CCCO. The van der Waals surface area contributed by atoms with Crippen molar-refractivity contribution in [3.8, 4) is 0 Å². The van der Waals surface area contributed by atoms with E-state index >= 15 is 0 Å². The highest BCUT2D eigenvalue weighted by atomic mass is 32.2. The van der Waals surface area contributed by atoms with Crippen molar-refractivity contribution in [3.63, 3.8) is 0 Å². The van der Waals surface area contributed by atoms with Crippen molar-refractivity contribution in [2.24, 2.45) is 0 Å². The standard InChI is InChI=1S/C13H26N2O3S/c16-12-6-8-13-7-5-11-15(13)19(17,18)14-9-3-1-2-4-10-14/h13,16H,1-12H2. The van der Waals surface area contributed by atoms with Crippen molar-refractivity contribution in [3.05, 3.63) is 0 Å².